The van der Waals surface area contributed by atoms with E-state index in [2.05, 4.69) is 10.2 Å². The molecule has 0 saturated carbocycles. The summed E-state index contributed by atoms with van der Waals surface area (Å²) < 4.78 is 0. The number of hydrogen-bond donors (Lipinski definition) is 1. The van der Waals surface area contributed by atoms with E-state index in [0.717, 1.165) is 24.1 Å². The first-order valence-corrected chi connectivity index (χ1v) is 7.31. The lowest BCUT2D eigenvalue weighted by Gasteiger charge is -2.32. The van der Waals surface area contributed by atoms with Crippen LogP contribution in [0.5, 0.6) is 0 Å². The van der Waals surface area contributed by atoms with Crippen molar-refractivity contribution in [3.8, 4) is 0 Å². The number of amides is 1. The molecule has 1 saturated heterocycles. The molecule has 0 aliphatic carbocycles. The Labute approximate surface area is 119 Å². The fourth-order valence-corrected chi connectivity index (χ4v) is 2.80. The molecule has 1 fully saturated rings. The Hall–Kier alpha value is -1.65. The number of piperidine rings is 1. The third-order valence-corrected chi connectivity index (χ3v) is 3.82. The highest BCUT2D eigenvalue weighted by atomic mass is 16.2. The standard InChI is InChI=1S/C15H23N3O2/c1-10(2)7-13(19)15(20)18-6-4-5-12(9-18)14-11(3)8-16-17-14/h8,10,12H,4-7,9H2,1-3H3,(H,16,17). The molecule has 1 amide bonds. The zero-order chi connectivity index (χ0) is 14.7. The molecule has 0 aromatic carbocycles. The summed E-state index contributed by atoms with van der Waals surface area (Å²) in [5.74, 6) is -0.0912. The molecule has 2 rings (SSSR count). The molecule has 1 atom stereocenters. The van der Waals surface area contributed by atoms with Crippen LogP contribution >= 0.6 is 0 Å². The number of carbonyl (C=O) groups excluding carboxylic acids is 2. The first-order valence-electron chi connectivity index (χ1n) is 7.31. The van der Waals surface area contributed by atoms with Crippen molar-refractivity contribution in [1.29, 1.82) is 0 Å². The van der Waals surface area contributed by atoms with Gasteiger partial charge in [-0.2, -0.15) is 5.10 Å². The second kappa shape index (κ2) is 6.20. The van der Waals surface area contributed by atoms with E-state index in [4.69, 9.17) is 0 Å². The maximum atomic E-state index is 12.2. The van der Waals surface area contributed by atoms with Gasteiger partial charge in [-0.15, -0.1) is 0 Å². The molecule has 20 heavy (non-hydrogen) atoms. The van der Waals surface area contributed by atoms with Crippen molar-refractivity contribution in [3.63, 3.8) is 0 Å². The lowest BCUT2D eigenvalue weighted by Crippen LogP contribution is -2.43. The topological polar surface area (TPSA) is 66.1 Å². The molecule has 5 heteroatoms. The van der Waals surface area contributed by atoms with Crippen LogP contribution in [0.15, 0.2) is 6.20 Å². The zero-order valence-electron chi connectivity index (χ0n) is 12.5. The van der Waals surface area contributed by atoms with Gasteiger partial charge in [0, 0.05) is 31.1 Å². The maximum Gasteiger partial charge on any atom is 0.289 e. The van der Waals surface area contributed by atoms with E-state index >= 15 is 0 Å². The van der Waals surface area contributed by atoms with Crippen LogP contribution in [0.3, 0.4) is 0 Å². The third kappa shape index (κ3) is 3.26. The monoisotopic (exact) mass is 277 g/mol. The Morgan fingerprint density at radius 3 is 2.85 bits per heavy atom. The molecular formula is C15H23N3O2. The number of aromatic amines is 1. The Kier molecular flexibility index (Phi) is 4.57. The second-order valence-corrected chi connectivity index (χ2v) is 6.08. The lowest BCUT2D eigenvalue weighted by atomic mass is 9.92. The van der Waals surface area contributed by atoms with Crippen molar-refractivity contribution in [3.05, 3.63) is 17.5 Å². The number of H-pyrrole nitrogens is 1. The highest BCUT2D eigenvalue weighted by Gasteiger charge is 2.29. The largest absolute Gasteiger partial charge is 0.335 e. The number of nitrogens with one attached hydrogen (secondary N) is 1. The van der Waals surface area contributed by atoms with Gasteiger partial charge >= 0.3 is 0 Å². The number of aryl methyl sites for hydroxylation is 1. The van der Waals surface area contributed by atoms with Gasteiger partial charge in [-0.05, 0) is 31.2 Å². The average Bonchev–Trinajstić information content (AvgIpc) is 2.83. The molecule has 5 nitrogen and oxygen atoms in total. The number of aromatic nitrogens is 2. The average molecular weight is 277 g/mol. The molecular weight excluding hydrogens is 254 g/mol. The van der Waals surface area contributed by atoms with Gasteiger partial charge in [0.1, 0.15) is 0 Å². The van der Waals surface area contributed by atoms with Crippen LogP contribution in [0, 0.1) is 12.8 Å². The SMILES string of the molecule is Cc1cn[nH]c1C1CCCN(C(=O)C(=O)CC(C)C)C1. The number of hydrogen-bond acceptors (Lipinski definition) is 3. The molecule has 2 heterocycles. The summed E-state index contributed by atoms with van der Waals surface area (Å²) in [5.41, 5.74) is 2.22. The predicted octanol–water partition coefficient (Wildman–Crippen LogP) is 2.04. The minimum atomic E-state index is -0.319. The van der Waals surface area contributed by atoms with Crippen molar-refractivity contribution in [2.24, 2.45) is 5.92 Å². The van der Waals surface area contributed by atoms with Gasteiger partial charge in [0.25, 0.3) is 5.91 Å². The molecule has 1 N–H and O–H groups in total. The molecule has 1 unspecified atom stereocenters. The number of rotatable bonds is 4. The van der Waals surface area contributed by atoms with Crippen LogP contribution in [-0.4, -0.2) is 39.9 Å². The summed E-state index contributed by atoms with van der Waals surface area (Å²) in [5, 5.41) is 7.07. The molecule has 1 aromatic heterocycles. The molecule has 1 aliphatic heterocycles. The molecule has 0 bridgehead atoms. The molecule has 0 spiro atoms. The zero-order valence-corrected chi connectivity index (χ0v) is 12.5. The van der Waals surface area contributed by atoms with E-state index in [9.17, 15) is 9.59 Å². The quantitative estimate of drug-likeness (QED) is 0.856. The van der Waals surface area contributed by atoms with Gasteiger partial charge in [-0.25, -0.2) is 0 Å². The van der Waals surface area contributed by atoms with Crippen molar-refractivity contribution in [2.45, 2.75) is 46.0 Å². The van der Waals surface area contributed by atoms with E-state index in [0.29, 0.717) is 19.5 Å². The van der Waals surface area contributed by atoms with E-state index in [-0.39, 0.29) is 23.5 Å². The van der Waals surface area contributed by atoms with Gasteiger partial charge in [-0.3, -0.25) is 14.7 Å². The van der Waals surface area contributed by atoms with Crippen molar-refractivity contribution in [1.82, 2.24) is 15.1 Å². The number of nitrogens with zero attached hydrogens (tertiary/aromatic N) is 2. The number of carbonyl (C=O) groups is 2. The Morgan fingerprint density at radius 2 is 2.25 bits per heavy atom. The lowest BCUT2D eigenvalue weighted by molar-refractivity contribution is -0.145. The third-order valence-electron chi connectivity index (χ3n) is 3.82. The fraction of sp³-hybridized carbons (Fsp3) is 0.667. The summed E-state index contributed by atoms with van der Waals surface area (Å²) in [4.78, 5) is 25.8. The minimum absolute atomic E-state index is 0.224. The van der Waals surface area contributed by atoms with Crippen LogP contribution < -0.4 is 0 Å². The van der Waals surface area contributed by atoms with Crippen molar-refractivity contribution >= 4 is 11.7 Å². The van der Waals surface area contributed by atoms with E-state index in [1.807, 2.05) is 20.8 Å². The van der Waals surface area contributed by atoms with Gasteiger partial charge < -0.3 is 4.90 Å². The summed E-state index contributed by atoms with van der Waals surface area (Å²) in [6, 6.07) is 0. The Morgan fingerprint density at radius 1 is 1.50 bits per heavy atom. The highest BCUT2D eigenvalue weighted by molar-refractivity contribution is 6.36. The van der Waals surface area contributed by atoms with Crippen LogP contribution in [0.1, 0.15) is 50.3 Å². The maximum absolute atomic E-state index is 12.2. The first kappa shape index (κ1) is 14.8. The van der Waals surface area contributed by atoms with Crippen molar-refractivity contribution < 1.29 is 9.59 Å². The second-order valence-electron chi connectivity index (χ2n) is 6.08. The van der Waals surface area contributed by atoms with Gasteiger partial charge in [0.2, 0.25) is 5.78 Å². The van der Waals surface area contributed by atoms with Gasteiger partial charge in [-0.1, -0.05) is 13.8 Å². The summed E-state index contributed by atoms with van der Waals surface area (Å²) >= 11 is 0. The van der Waals surface area contributed by atoms with Crippen LogP contribution in [-0.2, 0) is 9.59 Å². The Bertz CT molecular complexity index is 493. The first-order chi connectivity index (χ1) is 9.49. The van der Waals surface area contributed by atoms with Gasteiger partial charge in [0.05, 0.1) is 6.20 Å². The summed E-state index contributed by atoms with van der Waals surface area (Å²) in [6.07, 6.45) is 4.11. The number of Topliss-reactive ketones (excluding diaryl/α,β-unsaturated/α-hetero) is 1. The summed E-state index contributed by atoms with van der Waals surface area (Å²) in [7, 11) is 0. The van der Waals surface area contributed by atoms with Crippen LogP contribution in [0.25, 0.3) is 0 Å². The molecule has 1 aromatic rings. The number of likely N-dealkylation sites (tertiary alicyclic amines) is 1. The van der Waals surface area contributed by atoms with Crippen LogP contribution in [0.2, 0.25) is 0 Å². The normalized spacial score (nSPS) is 19.4. The Balaban J connectivity index is 2.02. The van der Waals surface area contributed by atoms with E-state index in [1.165, 1.54) is 0 Å². The fourth-order valence-electron chi connectivity index (χ4n) is 2.80. The van der Waals surface area contributed by atoms with Gasteiger partial charge in [0.15, 0.2) is 0 Å². The van der Waals surface area contributed by atoms with E-state index in [1.54, 1.807) is 11.1 Å². The molecule has 110 valence electrons. The van der Waals surface area contributed by atoms with E-state index < -0.39 is 0 Å². The van der Waals surface area contributed by atoms with Crippen LogP contribution in [0.4, 0.5) is 0 Å². The highest BCUT2D eigenvalue weighted by Crippen LogP contribution is 2.27. The minimum Gasteiger partial charge on any atom is -0.335 e. The van der Waals surface area contributed by atoms with Crippen molar-refractivity contribution in [2.75, 3.05) is 13.1 Å². The molecule has 1 aliphatic rings. The predicted molar refractivity (Wildman–Crippen MR) is 76.3 cm³/mol. The number of ketones is 1. The smallest absolute Gasteiger partial charge is 0.289 e. The summed E-state index contributed by atoms with van der Waals surface area (Å²) in [6.45, 7) is 7.23. The molecule has 0 radical (unpaired) electrons.